The summed E-state index contributed by atoms with van der Waals surface area (Å²) in [5, 5.41) is 17.1. The summed E-state index contributed by atoms with van der Waals surface area (Å²) in [7, 11) is 3.40. The van der Waals surface area contributed by atoms with Crippen LogP contribution >= 0.6 is 24.0 Å². The van der Waals surface area contributed by atoms with Gasteiger partial charge in [0.1, 0.15) is 11.5 Å². The second kappa shape index (κ2) is 10.5. The van der Waals surface area contributed by atoms with E-state index in [1.165, 1.54) is 25.7 Å². The number of phenolic OH excluding ortho intramolecular Hbond substituents is 1. The number of methoxy groups -OCH3 is 1. The third kappa shape index (κ3) is 4.84. The first-order chi connectivity index (χ1) is 13.1. The van der Waals surface area contributed by atoms with Crippen LogP contribution in [0.15, 0.2) is 23.2 Å². The van der Waals surface area contributed by atoms with E-state index in [1.54, 1.807) is 20.2 Å². The first-order valence-corrected chi connectivity index (χ1v) is 10.1. The number of benzene rings is 1. The minimum atomic E-state index is 0. The van der Waals surface area contributed by atoms with Crippen LogP contribution in [0.4, 0.5) is 0 Å². The van der Waals surface area contributed by atoms with Crippen molar-refractivity contribution in [3.8, 4) is 11.5 Å². The van der Waals surface area contributed by atoms with E-state index in [-0.39, 0.29) is 35.1 Å². The van der Waals surface area contributed by atoms with Crippen LogP contribution in [0.2, 0.25) is 0 Å². The first kappa shape index (κ1) is 23.1. The zero-order valence-electron chi connectivity index (χ0n) is 17.2. The van der Waals surface area contributed by atoms with Crippen molar-refractivity contribution in [2.24, 2.45) is 10.4 Å². The molecule has 2 aliphatic carbocycles. The van der Waals surface area contributed by atoms with Crippen LogP contribution in [-0.2, 0) is 11.2 Å². The average Bonchev–Trinajstić information content (AvgIpc) is 3.20. The number of aliphatic imine (C=N–C) groups is 1. The number of halogens is 1. The number of guanidine groups is 1. The summed E-state index contributed by atoms with van der Waals surface area (Å²) in [5.74, 6) is 1.76. The number of phenols is 1. The molecule has 3 rings (SSSR count). The van der Waals surface area contributed by atoms with E-state index in [2.05, 4.69) is 22.5 Å². The Bertz CT molecular complexity index is 662. The quantitative estimate of drug-likeness (QED) is 0.302. The Morgan fingerprint density at radius 2 is 2.07 bits per heavy atom. The van der Waals surface area contributed by atoms with Gasteiger partial charge >= 0.3 is 0 Å². The molecule has 1 aromatic rings. The monoisotopic (exact) mass is 503 g/mol. The number of ether oxygens (including phenoxy) is 2. The summed E-state index contributed by atoms with van der Waals surface area (Å²) in [4.78, 5) is 4.39. The predicted octanol–water partition coefficient (Wildman–Crippen LogP) is 3.46. The number of nitrogens with one attached hydrogen (secondary N) is 2. The zero-order valence-corrected chi connectivity index (χ0v) is 19.5. The second-order valence-corrected chi connectivity index (χ2v) is 7.56. The van der Waals surface area contributed by atoms with E-state index in [9.17, 15) is 5.11 Å². The molecule has 2 atom stereocenters. The Morgan fingerprint density at radius 1 is 1.32 bits per heavy atom. The number of nitrogens with zero attached hydrogens (tertiary/aromatic N) is 1. The minimum Gasteiger partial charge on any atom is -0.508 e. The van der Waals surface area contributed by atoms with Crippen LogP contribution in [0.1, 0.15) is 44.6 Å². The van der Waals surface area contributed by atoms with Gasteiger partial charge in [-0.2, -0.15) is 0 Å². The largest absolute Gasteiger partial charge is 0.508 e. The Morgan fingerprint density at radius 3 is 2.68 bits per heavy atom. The van der Waals surface area contributed by atoms with Crippen molar-refractivity contribution >= 4 is 29.9 Å². The van der Waals surface area contributed by atoms with Crippen LogP contribution < -0.4 is 15.4 Å². The lowest BCUT2D eigenvalue weighted by Gasteiger charge is -2.54. The molecule has 2 unspecified atom stereocenters. The molecule has 3 N–H and O–H groups in total. The maximum Gasteiger partial charge on any atom is 0.191 e. The molecule has 2 aliphatic rings. The number of hydrogen-bond acceptors (Lipinski definition) is 4. The molecule has 2 fully saturated rings. The van der Waals surface area contributed by atoms with E-state index >= 15 is 0 Å². The molecule has 1 aromatic carbocycles. The average molecular weight is 503 g/mol. The highest BCUT2D eigenvalue weighted by atomic mass is 127. The van der Waals surface area contributed by atoms with Gasteiger partial charge in [-0.3, -0.25) is 4.99 Å². The number of aromatic hydroxyl groups is 1. The van der Waals surface area contributed by atoms with Gasteiger partial charge in [-0.15, -0.1) is 24.0 Å². The molecule has 6 nitrogen and oxygen atoms in total. The summed E-state index contributed by atoms with van der Waals surface area (Å²) in [6, 6.07) is 5.85. The first-order valence-electron chi connectivity index (χ1n) is 10.1. The van der Waals surface area contributed by atoms with Crippen molar-refractivity contribution in [1.29, 1.82) is 0 Å². The standard InChI is InChI=1S/C21H33N3O3.HI/c1-4-27-19-14-18(21(19)10-5-6-11-21)24-20(22-2)23-12-9-15-7-8-16(26-3)13-17(15)25;/h7-8,13,18-19,25H,4-6,9-12,14H2,1-3H3,(H2,22,23,24);1H. The molecular formula is C21H34IN3O3. The minimum absolute atomic E-state index is 0. The highest BCUT2D eigenvalue weighted by Gasteiger charge is 2.56. The lowest BCUT2D eigenvalue weighted by Crippen LogP contribution is -2.65. The Kier molecular flexibility index (Phi) is 8.67. The summed E-state index contributed by atoms with van der Waals surface area (Å²) < 4.78 is 11.1. The molecule has 2 saturated carbocycles. The number of rotatable bonds is 7. The Hall–Kier alpha value is -1.22. The van der Waals surface area contributed by atoms with Gasteiger partial charge in [-0.05, 0) is 44.2 Å². The van der Waals surface area contributed by atoms with E-state index in [1.807, 2.05) is 12.1 Å². The molecular weight excluding hydrogens is 469 g/mol. The van der Waals surface area contributed by atoms with Gasteiger partial charge in [0.2, 0.25) is 0 Å². The summed E-state index contributed by atoms with van der Waals surface area (Å²) in [6.07, 6.45) is 7.23. The molecule has 158 valence electrons. The molecule has 0 radical (unpaired) electrons. The highest BCUT2D eigenvalue weighted by Crippen LogP contribution is 2.54. The predicted molar refractivity (Wildman–Crippen MR) is 123 cm³/mol. The second-order valence-electron chi connectivity index (χ2n) is 7.56. The zero-order chi connectivity index (χ0) is 19.3. The van der Waals surface area contributed by atoms with Gasteiger partial charge in [-0.25, -0.2) is 0 Å². The van der Waals surface area contributed by atoms with Crippen molar-refractivity contribution in [3.63, 3.8) is 0 Å². The molecule has 28 heavy (non-hydrogen) atoms. The third-order valence-electron chi connectivity index (χ3n) is 6.20. The lowest BCUT2D eigenvalue weighted by molar-refractivity contribution is -0.125. The van der Waals surface area contributed by atoms with Crippen molar-refractivity contribution in [2.75, 3.05) is 27.3 Å². The highest BCUT2D eigenvalue weighted by molar-refractivity contribution is 14.0. The summed E-state index contributed by atoms with van der Waals surface area (Å²) in [5.41, 5.74) is 1.17. The molecule has 0 aliphatic heterocycles. The maximum absolute atomic E-state index is 10.1. The Balaban J connectivity index is 0.00000280. The van der Waals surface area contributed by atoms with E-state index in [0.717, 1.165) is 24.6 Å². The van der Waals surface area contributed by atoms with Gasteiger partial charge < -0.3 is 25.2 Å². The number of hydrogen-bond donors (Lipinski definition) is 3. The summed E-state index contributed by atoms with van der Waals surface area (Å²) in [6.45, 7) is 3.57. The molecule has 0 heterocycles. The smallest absolute Gasteiger partial charge is 0.191 e. The van der Waals surface area contributed by atoms with Gasteiger partial charge in [0.25, 0.3) is 0 Å². The van der Waals surface area contributed by atoms with E-state index in [0.29, 0.717) is 30.9 Å². The van der Waals surface area contributed by atoms with Crippen molar-refractivity contribution < 1.29 is 14.6 Å². The van der Waals surface area contributed by atoms with E-state index in [4.69, 9.17) is 9.47 Å². The van der Waals surface area contributed by atoms with Crippen LogP contribution in [-0.4, -0.2) is 50.5 Å². The summed E-state index contributed by atoms with van der Waals surface area (Å²) >= 11 is 0. The maximum atomic E-state index is 10.1. The van der Waals surface area contributed by atoms with Crippen LogP contribution in [0, 0.1) is 5.41 Å². The van der Waals surface area contributed by atoms with Crippen molar-refractivity contribution in [1.82, 2.24) is 10.6 Å². The lowest BCUT2D eigenvalue weighted by atomic mass is 9.60. The van der Waals surface area contributed by atoms with Gasteiger partial charge in [0.15, 0.2) is 5.96 Å². The third-order valence-corrected chi connectivity index (χ3v) is 6.20. The fourth-order valence-corrected chi connectivity index (χ4v) is 4.65. The normalized spacial score (nSPS) is 23.0. The van der Waals surface area contributed by atoms with Gasteiger partial charge in [0.05, 0.1) is 13.2 Å². The molecule has 0 saturated heterocycles. The van der Waals surface area contributed by atoms with E-state index < -0.39 is 0 Å². The van der Waals surface area contributed by atoms with Crippen LogP contribution in [0.5, 0.6) is 11.5 Å². The van der Waals surface area contributed by atoms with Crippen LogP contribution in [0.3, 0.4) is 0 Å². The fraction of sp³-hybridized carbons (Fsp3) is 0.667. The molecule has 0 bridgehead atoms. The SMILES string of the molecule is CCOC1CC(NC(=NC)NCCc2ccc(OC)cc2O)C12CCCC2.I. The van der Waals surface area contributed by atoms with Crippen molar-refractivity contribution in [3.05, 3.63) is 23.8 Å². The van der Waals surface area contributed by atoms with Gasteiger partial charge in [0, 0.05) is 37.7 Å². The van der Waals surface area contributed by atoms with Crippen molar-refractivity contribution in [2.45, 2.75) is 57.6 Å². The molecule has 7 heteroatoms. The van der Waals surface area contributed by atoms with Crippen LogP contribution in [0.25, 0.3) is 0 Å². The molecule has 1 spiro atoms. The Labute approximate surface area is 185 Å². The fourth-order valence-electron chi connectivity index (χ4n) is 4.65. The topological polar surface area (TPSA) is 75.1 Å². The molecule has 0 aromatic heterocycles. The van der Waals surface area contributed by atoms with Gasteiger partial charge in [-0.1, -0.05) is 18.9 Å². The molecule has 0 amide bonds.